The summed E-state index contributed by atoms with van der Waals surface area (Å²) in [5.74, 6) is -1.38. The number of hydrogen-bond acceptors (Lipinski definition) is 3. The van der Waals surface area contributed by atoms with Crippen molar-refractivity contribution in [2.75, 3.05) is 13.2 Å². The molecule has 0 spiro atoms. The minimum atomic E-state index is -4.14. The lowest BCUT2D eigenvalue weighted by molar-refractivity contribution is -0.146. The highest BCUT2D eigenvalue weighted by Crippen LogP contribution is 2.34. The van der Waals surface area contributed by atoms with Crippen molar-refractivity contribution < 1.29 is 27.5 Å². The van der Waals surface area contributed by atoms with Gasteiger partial charge in [-0.1, -0.05) is 93.4 Å². The van der Waals surface area contributed by atoms with E-state index in [9.17, 15) is 22.8 Å². The average molecular weight is 527 g/mol. The molecule has 2 aromatic carbocycles. The summed E-state index contributed by atoms with van der Waals surface area (Å²) in [5.41, 5.74) is 6.14. The number of hydrogen-bond donors (Lipinski definition) is 1. The van der Waals surface area contributed by atoms with E-state index in [0.717, 1.165) is 37.7 Å². The summed E-state index contributed by atoms with van der Waals surface area (Å²) in [7, 11) is 0. The molecule has 2 amide bonds. The van der Waals surface area contributed by atoms with Crippen LogP contribution in [-0.4, -0.2) is 42.8 Å². The summed E-state index contributed by atoms with van der Waals surface area (Å²) in [6.07, 6.45) is -0.417. The molecule has 2 rings (SSSR count). The highest BCUT2D eigenvalue weighted by Gasteiger charge is 2.36. The molecule has 0 fully saturated rings. The summed E-state index contributed by atoms with van der Waals surface area (Å²) in [4.78, 5) is 22.9. The van der Waals surface area contributed by atoms with E-state index in [1.165, 1.54) is 19.1 Å². The third-order valence-electron chi connectivity index (χ3n) is 5.25. The van der Waals surface area contributed by atoms with Crippen molar-refractivity contribution in [3.05, 3.63) is 71.8 Å². The molecular weight excluding hydrogens is 481 g/mol. The fraction of sp³-hybridized carbons (Fsp3) is 0.517. The molecule has 0 aliphatic heterocycles. The van der Waals surface area contributed by atoms with Crippen molar-refractivity contribution in [1.82, 2.24) is 4.90 Å². The minimum Gasteiger partial charge on any atom is -0.450 e. The fourth-order valence-corrected chi connectivity index (χ4v) is 3.15. The summed E-state index contributed by atoms with van der Waals surface area (Å²) < 4.78 is 41.4. The molecule has 210 valence electrons. The first-order valence-electron chi connectivity index (χ1n) is 12.8. The molecular formula is C29H45F3N2O3. The molecule has 2 aromatic rings. The lowest BCUT2D eigenvalue weighted by Gasteiger charge is -2.26. The van der Waals surface area contributed by atoms with E-state index in [1.807, 2.05) is 64.1 Å². The number of ether oxygens (including phenoxy) is 1. The van der Waals surface area contributed by atoms with Gasteiger partial charge >= 0.3 is 12.3 Å². The summed E-state index contributed by atoms with van der Waals surface area (Å²) in [6.45, 7) is 12.1. The maximum atomic E-state index is 12.2. The summed E-state index contributed by atoms with van der Waals surface area (Å²) in [5, 5.41) is 0. The Hall–Kier alpha value is -3.03. The predicted octanol–water partition coefficient (Wildman–Crippen LogP) is 7.88. The van der Waals surface area contributed by atoms with Crippen molar-refractivity contribution in [3.63, 3.8) is 0 Å². The lowest BCUT2D eigenvalue weighted by atomic mass is 10.00. The molecule has 1 unspecified atom stereocenters. The molecule has 0 aromatic heterocycles. The number of nitrogens with zero attached hydrogens (tertiary/aromatic N) is 1. The van der Waals surface area contributed by atoms with E-state index in [1.54, 1.807) is 17.0 Å². The Morgan fingerprint density at radius 2 is 1.49 bits per heavy atom. The summed E-state index contributed by atoms with van der Waals surface area (Å²) in [6, 6.07) is 18.7. The van der Waals surface area contributed by atoms with Crippen LogP contribution in [0.4, 0.5) is 18.0 Å². The van der Waals surface area contributed by atoms with Crippen LogP contribution in [0.3, 0.4) is 0 Å². The second-order valence-electron chi connectivity index (χ2n) is 8.02. The van der Waals surface area contributed by atoms with Crippen LogP contribution >= 0.6 is 0 Å². The van der Waals surface area contributed by atoms with Gasteiger partial charge in [-0.2, -0.15) is 13.2 Å². The zero-order valence-electron chi connectivity index (χ0n) is 23.1. The summed E-state index contributed by atoms with van der Waals surface area (Å²) >= 11 is 0. The molecule has 0 saturated carbocycles. The normalized spacial score (nSPS) is 11.6. The number of halogens is 3. The number of primary amides is 1. The number of carbonyl (C=O) groups excluding carboxylic acids is 2. The van der Waals surface area contributed by atoms with E-state index >= 15 is 0 Å². The first kappa shape index (κ1) is 36.1. The maximum absolute atomic E-state index is 12.2. The monoisotopic (exact) mass is 526 g/mol. The Morgan fingerprint density at radius 3 is 1.84 bits per heavy atom. The average Bonchev–Trinajstić information content (AvgIpc) is 2.89. The zero-order valence-corrected chi connectivity index (χ0v) is 23.1. The highest BCUT2D eigenvalue weighted by atomic mass is 19.4. The smallest absolute Gasteiger partial charge is 0.404 e. The number of aryl methyl sites for hydroxylation is 1. The second kappa shape index (κ2) is 22.2. The van der Waals surface area contributed by atoms with Crippen LogP contribution in [0.1, 0.15) is 77.3 Å². The van der Waals surface area contributed by atoms with Gasteiger partial charge in [-0.25, -0.2) is 4.79 Å². The lowest BCUT2D eigenvalue weighted by Crippen LogP contribution is -2.34. The number of benzene rings is 2. The van der Waals surface area contributed by atoms with Crippen LogP contribution in [0.15, 0.2) is 60.7 Å². The van der Waals surface area contributed by atoms with Crippen molar-refractivity contribution in [2.45, 2.75) is 85.4 Å². The van der Waals surface area contributed by atoms with Gasteiger partial charge in [0.15, 0.2) is 0 Å². The van der Waals surface area contributed by atoms with Crippen LogP contribution in [0, 0.1) is 6.92 Å². The van der Waals surface area contributed by atoms with Crippen LogP contribution < -0.4 is 5.73 Å². The van der Waals surface area contributed by atoms with Gasteiger partial charge in [0.2, 0.25) is 6.41 Å². The van der Waals surface area contributed by atoms with Crippen molar-refractivity contribution >= 4 is 12.5 Å². The Labute approximate surface area is 221 Å². The number of alkyl halides is 3. The molecule has 5 nitrogen and oxygen atoms in total. The minimum absolute atomic E-state index is 0.240. The molecule has 0 bridgehead atoms. The van der Waals surface area contributed by atoms with Gasteiger partial charge in [-0.05, 0) is 45.6 Å². The molecule has 0 saturated heterocycles. The van der Waals surface area contributed by atoms with Gasteiger partial charge in [0.1, 0.15) is 0 Å². The fourth-order valence-electron chi connectivity index (χ4n) is 3.15. The maximum Gasteiger partial charge on any atom is 0.404 e. The molecule has 2 atom stereocenters. The third kappa shape index (κ3) is 18.8. The molecule has 0 aliphatic carbocycles. The molecule has 0 aliphatic rings. The van der Waals surface area contributed by atoms with Gasteiger partial charge in [0.05, 0.1) is 12.5 Å². The molecule has 2 N–H and O–H groups in total. The number of amides is 2. The number of carbonyl (C=O) groups is 2. The molecule has 37 heavy (non-hydrogen) atoms. The first-order valence-corrected chi connectivity index (χ1v) is 12.8. The van der Waals surface area contributed by atoms with E-state index < -0.39 is 18.2 Å². The molecule has 8 heteroatoms. The second-order valence-corrected chi connectivity index (χ2v) is 8.02. The Kier molecular flexibility index (Phi) is 21.7. The van der Waals surface area contributed by atoms with E-state index in [0.29, 0.717) is 18.7 Å². The SMILES string of the molecule is CC.CCCC(CCCOC(N)=O)N(C=O)CC.Cc1ccc([C@@H](C)C(F)(F)F)cc1.c1ccccc1. The van der Waals surface area contributed by atoms with Crippen molar-refractivity contribution in [1.29, 1.82) is 0 Å². The van der Waals surface area contributed by atoms with Gasteiger partial charge in [-0.15, -0.1) is 0 Å². The number of nitrogens with two attached hydrogens (primary N) is 1. The van der Waals surface area contributed by atoms with Crippen LogP contribution in [0.5, 0.6) is 0 Å². The third-order valence-corrected chi connectivity index (χ3v) is 5.25. The molecule has 0 radical (unpaired) electrons. The number of rotatable bonds is 10. The van der Waals surface area contributed by atoms with Gasteiger partial charge in [0, 0.05) is 12.6 Å². The first-order chi connectivity index (χ1) is 17.6. The van der Waals surface area contributed by atoms with Crippen molar-refractivity contribution in [3.8, 4) is 0 Å². The zero-order chi connectivity index (χ0) is 28.7. The molecule has 0 heterocycles. The Balaban J connectivity index is 0. The van der Waals surface area contributed by atoms with Gasteiger partial charge in [0.25, 0.3) is 0 Å². The van der Waals surface area contributed by atoms with Crippen LogP contribution in [0.25, 0.3) is 0 Å². The Morgan fingerprint density at radius 1 is 1.00 bits per heavy atom. The van der Waals surface area contributed by atoms with Crippen LogP contribution in [0.2, 0.25) is 0 Å². The largest absolute Gasteiger partial charge is 0.450 e. The van der Waals surface area contributed by atoms with Crippen molar-refractivity contribution in [2.24, 2.45) is 5.73 Å². The Bertz CT molecular complexity index is 774. The van der Waals surface area contributed by atoms with Crippen LogP contribution in [-0.2, 0) is 9.53 Å². The van der Waals surface area contributed by atoms with E-state index in [4.69, 9.17) is 5.73 Å². The van der Waals surface area contributed by atoms with Gasteiger partial charge < -0.3 is 15.4 Å². The standard InChI is InChI=1S/C11H22N2O3.C10H11F3.C6H6.C2H6/c1-3-6-10(13(4-2)9-14)7-5-8-16-11(12)15;1-7-3-5-9(6-4-7)8(2)10(11,12)13;1-2-4-6-5-3-1;1-2/h9-10H,3-8H2,1-2H3,(H2,12,15);3-6,8H,1-2H3;1-6H;1-2H3/t;8-;;/m.1../s1. The highest BCUT2D eigenvalue weighted by molar-refractivity contribution is 5.64. The predicted molar refractivity (Wildman–Crippen MR) is 145 cm³/mol. The van der Waals surface area contributed by atoms with E-state index in [-0.39, 0.29) is 6.04 Å². The van der Waals surface area contributed by atoms with Gasteiger partial charge in [-0.3, -0.25) is 4.79 Å². The van der Waals surface area contributed by atoms with E-state index in [2.05, 4.69) is 11.7 Å². The topological polar surface area (TPSA) is 72.6 Å². The quantitative estimate of drug-likeness (QED) is 0.253.